The maximum absolute atomic E-state index is 10.5. The second kappa shape index (κ2) is 6.16. The molecule has 1 unspecified atom stereocenters. The van der Waals surface area contributed by atoms with Gasteiger partial charge in [-0.3, -0.25) is 4.79 Å². The number of ether oxygens (including phenoxy) is 1. The van der Waals surface area contributed by atoms with Crippen LogP contribution in [0.1, 0.15) is 20.8 Å². The molecule has 5 heteroatoms. The van der Waals surface area contributed by atoms with E-state index in [1.54, 1.807) is 13.8 Å². The van der Waals surface area contributed by atoms with Crippen LogP contribution in [0.5, 0.6) is 0 Å². The van der Waals surface area contributed by atoms with Crippen molar-refractivity contribution in [1.82, 2.24) is 0 Å². The summed E-state index contributed by atoms with van der Waals surface area (Å²) >= 11 is 3.28. The molecule has 0 bridgehead atoms. The molecule has 0 radical (unpaired) electrons. The van der Waals surface area contributed by atoms with Crippen molar-refractivity contribution < 1.29 is 19.7 Å². The molecule has 0 saturated carbocycles. The Morgan fingerprint density at radius 3 is 2.29 bits per heavy atom. The number of rotatable bonds is 4. The summed E-state index contributed by atoms with van der Waals surface area (Å²) in [6.45, 7) is 4.72. The van der Waals surface area contributed by atoms with Gasteiger partial charge in [0.2, 0.25) is 0 Å². The van der Waals surface area contributed by atoms with Gasteiger partial charge in [-0.2, -0.15) is 0 Å². The summed E-state index contributed by atoms with van der Waals surface area (Å²) in [5.41, 5.74) is 0.723. The molecule has 0 spiro atoms. The first-order valence-electron chi connectivity index (χ1n) is 4.20. The van der Waals surface area contributed by atoms with Crippen LogP contribution in [0.3, 0.4) is 0 Å². The molecule has 4 nitrogen and oxygen atoms in total. The third-order valence-corrected chi connectivity index (χ3v) is 3.33. The van der Waals surface area contributed by atoms with Crippen molar-refractivity contribution in [2.24, 2.45) is 5.92 Å². The van der Waals surface area contributed by atoms with Crippen LogP contribution in [0.4, 0.5) is 0 Å². The van der Waals surface area contributed by atoms with Gasteiger partial charge < -0.3 is 14.9 Å². The first kappa shape index (κ1) is 13.6. The number of hydrogen-bond donors (Lipinski definition) is 2. The molecule has 0 rings (SSSR count). The smallest absolute Gasteiger partial charge is 0.307 e. The topological polar surface area (TPSA) is 66.8 Å². The number of esters is 1. The first-order chi connectivity index (χ1) is 6.36. The van der Waals surface area contributed by atoms with Crippen molar-refractivity contribution in [3.63, 3.8) is 0 Å². The average molecular weight is 267 g/mol. The Hall–Kier alpha value is -0.390. The van der Waals surface area contributed by atoms with Gasteiger partial charge in [-0.25, -0.2) is 0 Å². The third-order valence-electron chi connectivity index (χ3n) is 1.78. The third kappa shape index (κ3) is 4.74. The van der Waals surface area contributed by atoms with E-state index in [1.165, 1.54) is 13.2 Å². The van der Waals surface area contributed by atoms with Crippen molar-refractivity contribution in [3.8, 4) is 0 Å². The van der Waals surface area contributed by atoms with E-state index >= 15 is 0 Å². The highest BCUT2D eigenvalue weighted by molar-refractivity contribution is 9.09. The molecule has 0 aromatic carbocycles. The average Bonchev–Trinajstić information content (AvgIpc) is 2.11. The lowest BCUT2D eigenvalue weighted by molar-refractivity contribution is -0.135. The quantitative estimate of drug-likeness (QED) is 0.347. The second-order valence-electron chi connectivity index (χ2n) is 3.15. The number of aliphatic hydroxyl groups is 2. The van der Waals surface area contributed by atoms with Crippen LogP contribution < -0.4 is 0 Å². The summed E-state index contributed by atoms with van der Waals surface area (Å²) < 4.78 is 4.66. The molecule has 0 aliphatic carbocycles. The zero-order valence-electron chi connectivity index (χ0n) is 8.40. The molecule has 2 atom stereocenters. The number of aliphatic hydroxyl groups excluding tert-OH is 1. The Morgan fingerprint density at radius 2 is 1.93 bits per heavy atom. The minimum Gasteiger partial charge on any atom is -0.435 e. The fourth-order valence-corrected chi connectivity index (χ4v) is 1.19. The summed E-state index contributed by atoms with van der Waals surface area (Å²) in [5, 5.41) is 17.8. The van der Waals surface area contributed by atoms with Gasteiger partial charge in [0.25, 0.3) is 0 Å². The van der Waals surface area contributed by atoms with Crippen LogP contribution in [0.2, 0.25) is 0 Å². The first-order valence-corrected chi connectivity index (χ1v) is 5.12. The molecule has 0 amide bonds. The van der Waals surface area contributed by atoms with Crippen LogP contribution in [0, 0.1) is 5.92 Å². The highest BCUT2D eigenvalue weighted by Crippen LogP contribution is 2.22. The van der Waals surface area contributed by atoms with Gasteiger partial charge in [-0.05, 0) is 12.5 Å². The Bertz CT molecular complexity index is 225. The molecule has 14 heavy (non-hydrogen) atoms. The van der Waals surface area contributed by atoms with Crippen LogP contribution in [-0.4, -0.2) is 27.3 Å². The molecule has 82 valence electrons. The van der Waals surface area contributed by atoms with Gasteiger partial charge in [0, 0.05) is 17.7 Å². The lowest BCUT2D eigenvalue weighted by Gasteiger charge is -2.20. The van der Waals surface area contributed by atoms with Crippen LogP contribution >= 0.6 is 15.9 Å². The fraction of sp³-hybridized carbons (Fsp3) is 0.667. The highest BCUT2D eigenvalue weighted by Gasteiger charge is 2.21. The number of halogens is 1. The van der Waals surface area contributed by atoms with Gasteiger partial charge in [-0.15, -0.1) is 0 Å². The summed E-state index contributed by atoms with van der Waals surface area (Å²) in [6.07, 6.45) is -0.0965. The van der Waals surface area contributed by atoms with Crippen molar-refractivity contribution in [3.05, 3.63) is 11.8 Å². The Labute approximate surface area is 91.7 Å². The van der Waals surface area contributed by atoms with E-state index in [4.69, 9.17) is 10.2 Å². The maximum atomic E-state index is 10.5. The molecule has 0 saturated heterocycles. The van der Waals surface area contributed by atoms with E-state index in [2.05, 4.69) is 20.7 Å². The second-order valence-corrected chi connectivity index (χ2v) is 4.13. The number of allylic oxidation sites excluding steroid dienone is 1. The molecule has 0 aliphatic heterocycles. The van der Waals surface area contributed by atoms with E-state index in [9.17, 15) is 4.79 Å². The monoisotopic (exact) mass is 266 g/mol. The fourth-order valence-electron chi connectivity index (χ4n) is 0.807. The van der Waals surface area contributed by atoms with Gasteiger partial charge >= 0.3 is 5.97 Å². The largest absolute Gasteiger partial charge is 0.435 e. The summed E-state index contributed by atoms with van der Waals surface area (Å²) in [4.78, 5) is 10.3. The van der Waals surface area contributed by atoms with Gasteiger partial charge in [0.15, 0.2) is 6.29 Å². The molecule has 0 heterocycles. The number of carbonyl (C=O) groups excluding carboxylic acids is 1. The molecule has 0 fully saturated rings. The van der Waals surface area contributed by atoms with E-state index < -0.39 is 12.3 Å². The summed E-state index contributed by atoms with van der Waals surface area (Å²) in [7, 11) is 0. The lowest BCUT2D eigenvalue weighted by Crippen LogP contribution is -2.26. The normalized spacial score (nSPS) is 16.6. The highest BCUT2D eigenvalue weighted by atomic mass is 79.9. The number of carbonyl (C=O) groups is 1. The van der Waals surface area contributed by atoms with Crippen molar-refractivity contribution in [2.45, 2.75) is 31.9 Å². The maximum Gasteiger partial charge on any atom is 0.307 e. The molecule has 2 N–H and O–H groups in total. The molecule has 0 aromatic rings. The van der Waals surface area contributed by atoms with Gasteiger partial charge in [-0.1, -0.05) is 22.9 Å². The van der Waals surface area contributed by atoms with E-state index in [1.807, 2.05) is 0 Å². The lowest BCUT2D eigenvalue weighted by atomic mass is 10.0. The van der Waals surface area contributed by atoms with Gasteiger partial charge in [0.05, 0.1) is 6.26 Å². The van der Waals surface area contributed by atoms with Crippen molar-refractivity contribution in [2.75, 3.05) is 0 Å². The predicted molar refractivity (Wildman–Crippen MR) is 55.6 cm³/mol. The Balaban J connectivity index is 4.30. The van der Waals surface area contributed by atoms with E-state index in [0.29, 0.717) is 0 Å². The van der Waals surface area contributed by atoms with Crippen molar-refractivity contribution in [1.29, 1.82) is 0 Å². The summed E-state index contributed by atoms with van der Waals surface area (Å²) in [6, 6.07) is 0. The van der Waals surface area contributed by atoms with Crippen LogP contribution in [0.25, 0.3) is 0 Å². The van der Waals surface area contributed by atoms with E-state index in [0.717, 1.165) is 5.57 Å². The Morgan fingerprint density at radius 1 is 1.43 bits per heavy atom. The zero-order valence-corrected chi connectivity index (χ0v) is 9.98. The summed E-state index contributed by atoms with van der Waals surface area (Å²) in [5.74, 6) is -0.775. The predicted octanol–water partition coefficient (Wildman–Crippen LogP) is 1.16. The molecule has 0 aliphatic rings. The van der Waals surface area contributed by atoms with Crippen LogP contribution in [-0.2, 0) is 9.53 Å². The Kier molecular flexibility index (Phi) is 5.99. The standard InChI is InChI=1S/C9H15BrO4/c1-5(4-14-7(3)11)8(10)6(2)9(12)13/h4,6,8-9,12-13H,1-3H3/b5-4+/t6-,8?/m0/s1. The van der Waals surface area contributed by atoms with Crippen LogP contribution in [0.15, 0.2) is 11.8 Å². The molecular weight excluding hydrogens is 252 g/mol. The molecule has 0 aromatic heterocycles. The number of hydrogen-bond acceptors (Lipinski definition) is 4. The minimum absolute atomic E-state index is 0.234. The zero-order chi connectivity index (χ0) is 11.3. The minimum atomic E-state index is -1.40. The molecular formula is C9H15BrO4. The SMILES string of the molecule is CC(=O)O/C=C(\C)C(Br)[C@H](C)C(O)O. The van der Waals surface area contributed by atoms with Crippen molar-refractivity contribution >= 4 is 21.9 Å². The number of alkyl halides is 1. The van der Waals surface area contributed by atoms with E-state index in [-0.39, 0.29) is 10.7 Å². The van der Waals surface area contributed by atoms with Gasteiger partial charge in [0.1, 0.15) is 0 Å².